The Morgan fingerprint density at radius 3 is 2.62 bits per heavy atom. The van der Waals surface area contributed by atoms with Gasteiger partial charge in [-0.15, -0.1) is 10.2 Å². The zero-order valence-corrected chi connectivity index (χ0v) is 20.0. The second-order valence-electron chi connectivity index (χ2n) is 8.55. The van der Waals surface area contributed by atoms with Crippen molar-refractivity contribution >= 4 is 28.2 Å². The quantitative estimate of drug-likeness (QED) is 0.444. The molecule has 3 aromatic rings. The maximum atomic E-state index is 12.3. The van der Waals surface area contributed by atoms with Crippen molar-refractivity contribution in [1.29, 1.82) is 0 Å². The number of anilines is 1. The van der Waals surface area contributed by atoms with Crippen molar-refractivity contribution < 1.29 is 14.3 Å². The summed E-state index contributed by atoms with van der Waals surface area (Å²) in [6, 6.07) is 9.44. The van der Waals surface area contributed by atoms with Gasteiger partial charge in [0.2, 0.25) is 11.0 Å². The van der Waals surface area contributed by atoms with Crippen molar-refractivity contribution in [2.45, 2.75) is 50.9 Å². The zero-order chi connectivity index (χ0) is 23.8. The van der Waals surface area contributed by atoms with Gasteiger partial charge in [-0.05, 0) is 55.9 Å². The van der Waals surface area contributed by atoms with Crippen molar-refractivity contribution in [3.8, 4) is 0 Å². The summed E-state index contributed by atoms with van der Waals surface area (Å²) in [4.78, 5) is 28.3. The summed E-state index contributed by atoms with van der Waals surface area (Å²) >= 11 is 1.45. The number of ketones is 1. The minimum absolute atomic E-state index is 0.0747. The summed E-state index contributed by atoms with van der Waals surface area (Å²) in [7, 11) is 1.57. The van der Waals surface area contributed by atoms with E-state index < -0.39 is 0 Å². The molecule has 0 spiro atoms. The first-order valence-corrected chi connectivity index (χ1v) is 12.3. The second-order valence-corrected chi connectivity index (χ2v) is 9.55. The summed E-state index contributed by atoms with van der Waals surface area (Å²) < 4.78 is 4.92. The van der Waals surface area contributed by atoms with Crippen LogP contribution >= 0.6 is 11.3 Å². The number of carbonyl (C=O) groups is 2. The summed E-state index contributed by atoms with van der Waals surface area (Å²) in [5.74, 6) is 0.808. The smallest absolute Gasteiger partial charge is 0.228 e. The molecule has 178 valence electrons. The number of aromatic nitrogens is 5. The van der Waals surface area contributed by atoms with Gasteiger partial charge in [0, 0.05) is 31.3 Å². The third-order valence-electron chi connectivity index (χ3n) is 5.87. The molecule has 0 radical (unpaired) electrons. The van der Waals surface area contributed by atoms with Crippen molar-refractivity contribution in [2.24, 2.45) is 5.92 Å². The minimum Gasteiger partial charge on any atom is -0.384 e. The van der Waals surface area contributed by atoms with Gasteiger partial charge in [-0.3, -0.25) is 14.6 Å². The Balaban J connectivity index is 1.24. The molecule has 10 heteroatoms. The van der Waals surface area contributed by atoms with Crippen LogP contribution in [0.25, 0.3) is 0 Å². The van der Waals surface area contributed by atoms with E-state index in [1.165, 1.54) is 11.3 Å². The molecule has 3 heterocycles. The van der Waals surface area contributed by atoms with Gasteiger partial charge in [0.25, 0.3) is 0 Å². The first kappa shape index (κ1) is 24.0. The fourth-order valence-corrected chi connectivity index (χ4v) is 5.07. The number of nitrogens with one attached hydrogen (secondary N) is 1. The number of Topliss-reactive ketones (excluding diaryl/α,β-unsaturated/α-hetero) is 1. The van der Waals surface area contributed by atoms with Crippen LogP contribution < -0.4 is 5.32 Å². The van der Waals surface area contributed by atoms with E-state index in [-0.39, 0.29) is 18.1 Å². The molecule has 0 unspecified atom stereocenters. The highest BCUT2D eigenvalue weighted by molar-refractivity contribution is 7.15. The Labute approximate surface area is 202 Å². The lowest BCUT2D eigenvalue weighted by molar-refractivity contribution is -0.118. The molecular formula is C24H28N6O3S. The maximum absolute atomic E-state index is 12.3. The predicted octanol–water partition coefficient (Wildman–Crippen LogP) is 3.18. The molecule has 1 aliphatic carbocycles. The average Bonchev–Trinajstić information content (AvgIpc) is 3.49. The molecule has 3 aromatic heterocycles. The van der Waals surface area contributed by atoms with Crippen molar-refractivity contribution in [2.75, 3.05) is 19.0 Å². The lowest BCUT2D eigenvalue weighted by Gasteiger charge is -2.09. The van der Waals surface area contributed by atoms with E-state index in [4.69, 9.17) is 4.74 Å². The normalized spacial score (nSPS) is 17.6. The fraction of sp³-hybridized carbons (Fsp3) is 0.458. The lowest BCUT2D eigenvalue weighted by atomic mass is 9.99. The van der Waals surface area contributed by atoms with Gasteiger partial charge in [-0.1, -0.05) is 17.4 Å². The first-order valence-electron chi connectivity index (χ1n) is 11.4. The summed E-state index contributed by atoms with van der Waals surface area (Å²) in [5.41, 5.74) is 2.39. The Bertz CT molecular complexity index is 1090. The van der Waals surface area contributed by atoms with Crippen LogP contribution in [0.3, 0.4) is 0 Å². The van der Waals surface area contributed by atoms with Crippen LogP contribution in [-0.4, -0.2) is 50.8 Å². The number of hydrogen-bond donors (Lipinski definition) is 1. The molecule has 1 amide bonds. The van der Waals surface area contributed by atoms with Crippen LogP contribution in [0.4, 0.5) is 5.13 Å². The molecule has 0 aliphatic heterocycles. The van der Waals surface area contributed by atoms with E-state index in [0.717, 1.165) is 42.1 Å². The minimum atomic E-state index is -0.116. The van der Waals surface area contributed by atoms with Crippen LogP contribution in [-0.2, 0) is 33.6 Å². The number of rotatable bonds is 11. The Morgan fingerprint density at radius 2 is 1.85 bits per heavy atom. The monoisotopic (exact) mass is 480 g/mol. The van der Waals surface area contributed by atoms with Gasteiger partial charge in [-0.2, -0.15) is 10.2 Å². The topological polar surface area (TPSA) is 120 Å². The average molecular weight is 481 g/mol. The summed E-state index contributed by atoms with van der Waals surface area (Å²) in [5, 5.41) is 21.3. The van der Waals surface area contributed by atoms with Crippen LogP contribution in [0.1, 0.15) is 53.7 Å². The molecule has 34 heavy (non-hydrogen) atoms. The summed E-state index contributed by atoms with van der Waals surface area (Å²) in [6.07, 6.45) is 6.56. The molecule has 4 rings (SSSR count). The van der Waals surface area contributed by atoms with E-state index in [9.17, 15) is 9.59 Å². The molecule has 1 fully saturated rings. The lowest BCUT2D eigenvalue weighted by Crippen LogP contribution is -2.13. The highest BCUT2D eigenvalue weighted by atomic mass is 32.1. The highest BCUT2D eigenvalue weighted by Gasteiger charge is 2.29. The Hall–Kier alpha value is -3.11. The molecule has 0 bridgehead atoms. The van der Waals surface area contributed by atoms with Crippen LogP contribution in [0.5, 0.6) is 0 Å². The number of amides is 1. The molecule has 9 nitrogen and oxygen atoms in total. The Morgan fingerprint density at radius 1 is 1.03 bits per heavy atom. The second kappa shape index (κ2) is 11.8. The third kappa shape index (κ3) is 6.94. The van der Waals surface area contributed by atoms with Gasteiger partial charge in [0.1, 0.15) is 10.8 Å². The van der Waals surface area contributed by atoms with Gasteiger partial charge in [0.05, 0.1) is 30.8 Å². The van der Waals surface area contributed by atoms with Crippen molar-refractivity contribution in [1.82, 2.24) is 25.4 Å². The number of nitrogens with zero attached hydrogens (tertiary/aromatic N) is 5. The standard InChI is InChI=1S/C24H28N6O3S/c1-33-11-9-22(32)26-24-30-29-23(34-24)17-6-5-16(12-17)13-19-7-8-20(28-27-19)15-21(31)14-18-4-2-3-10-25-18/h2-4,7-8,10,16-17H,5-6,9,11-15H2,1H3,(H,26,30,32)/t16-,17+/m0/s1. The SMILES string of the molecule is COCCC(=O)Nc1nnc([C@@H]2CC[C@H](Cc3ccc(CC(=O)Cc4ccccn4)nn3)C2)s1. The number of hydrogen-bond acceptors (Lipinski definition) is 9. The van der Waals surface area contributed by atoms with Gasteiger partial charge < -0.3 is 10.1 Å². The predicted molar refractivity (Wildman–Crippen MR) is 128 cm³/mol. The van der Waals surface area contributed by atoms with Crippen molar-refractivity contribution in [3.63, 3.8) is 0 Å². The molecule has 0 aromatic carbocycles. The van der Waals surface area contributed by atoms with Gasteiger partial charge >= 0.3 is 0 Å². The first-order chi connectivity index (χ1) is 16.6. The summed E-state index contributed by atoms with van der Waals surface area (Å²) in [6.45, 7) is 0.382. The molecule has 1 N–H and O–H groups in total. The molecule has 2 atom stereocenters. The molecule has 1 saturated carbocycles. The maximum Gasteiger partial charge on any atom is 0.228 e. The van der Waals surface area contributed by atoms with Crippen LogP contribution in [0.15, 0.2) is 36.5 Å². The molecular weight excluding hydrogens is 452 g/mol. The number of methoxy groups -OCH3 is 1. The number of carbonyl (C=O) groups excluding carboxylic acids is 2. The highest BCUT2D eigenvalue weighted by Crippen LogP contribution is 2.41. The number of ether oxygens (including phenoxy) is 1. The molecule has 1 aliphatic rings. The van der Waals surface area contributed by atoms with Gasteiger partial charge in [0.15, 0.2) is 0 Å². The number of pyridine rings is 1. The zero-order valence-electron chi connectivity index (χ0n) is 19.1. The van der Waals surface area contributed by atoms with E-state index in [0.29, 0.717) is 42.1 Å². The van der Waals surface area contributed by atoms with E-state index in [1.54, 1.807) is 13.3 Å². The van der Waals surface area contributed by atoms with Gasteiger partial charge in [-0.25, -0.2) is 0 Å². The van der Waals surface area contributed by atoms with Crippen LogP contribution in [0.2, 0.25) is 0 Å². The largest absolute Gasteiger partial charge is 0.384 e. The van der Waals surface area contributed by atoms with E-state index in [1.807, 2.05) is 30.3 Å². The van der Waals surface area contributed by atoms with E-state index in [2.05, 4.69) is 30.7 Å². The fourth-order valence-electron chi connectivity index (χ4n) is 4.17. The third-order valence-corrected chi connectivity index (χ3v) is 6.87. The Kier molecular flexibility index (Phi) is 8.37. The van der Waals surface area contributed by atoms with Crippen LogP contribution in [0, 0.1) is 5.92 Å². The molecule has 0 saturated heterocycles. The van der Waals surface area contributed by atoms with Crippen molar-refractivity contribution in [3.05, 3.63) is 58.6 Å². The van der Waals surface area contributed by atoms with E-state index >= 15 is 0 Å².